The number of rotatable bonds is 10. The molecule has 7 heteroatoms. The van der Waals surface area contributed by atoms with E-state index in [0.29, 0.717) is 24.5 Å². The Morgan fingerprint density at radius 1 is 1.00 bits per heavy atom. The van der Waals surface area contributed by atoms with Gasteiger partial charge in [-0.05, 0) is 56.3 Å². The minimum absolute atomic E-state index is 0.0274. The molecule has 2 aromatic rings. The van der Waals surface area contributed by atoms with Crippen molar-refractivity contribution in [1.29, 1.82) is 0 Å². The van der Waals surface area contributed by atoms with E-state index in [4.69, 9.17) is 11.5 Å². The van der Waals surface area contributed by atoms with E-state index in [0.717, 1.165) is 28.4 Å². The van der Waals surface area contributed by atoms with Crippen LogP contribution in [0.4, 0.5) is 34.1 Å². The molecule has 156 valence electrons. The maximum atomic E-state index is 9.19. The summed E-state index contributed by atoms with van der Waals surface area (Å²) in [6, 6.07) is 11.3. The van der Waals surface area contributed by atoms with Gasteiger partial charge in [0.1, 0.15) is 0 Å². The smallest absolute Gasteiger partial charge is 0.0640 e. The molecule has 2 aromatic carbocycles. The van der Waals surface area contributed by atoms with Crippen LogP contribution in [-0.4, -0.2) is 36.5 Å². The van der Waals surface area contributed by atoms with Crippen molar-refractivity contribution in [3.8, 4) is 0 Å². The monoisotopic (exact) mass is 397 g/mol. The molecule has 8 N–H and O–H groups in total. The normalized spacial score (nSPS) is 11.7. The number of aliphatic hydroxyl groups is 2. The molecule has 0 radical (unpaired) electrons. The van der Waals surface area contributed by atoms with E-state index in [1.807, 2.05) is 67.3 Å². The first kappa shape index (κ1) is 22.1. The third kappa shape index (κ3) is 6.44. The fourth-order valence-corrected chi connectivity index (χ4v) is 2.87. The first-order chi connectivity index (χ1) is 14.0. The summed E-state index contributed by atoms with van der Waals surface area (Å²) in [4.78, 5) is 1.92. The fraction of sp³-hybridized carbons (Fsp3) is 0.273. The summed E-state index contributed by atoms with van der Waals surface area (Å²) in [5.41, 5.74) is 17.6. The number of nitrogen functional groups attached to an aromatic ring is 2. The van der Waals surface area contributed by atoms with E-state index in [1.165, 1.54) is 0 Å². The molecule has 0 aliphatic heterocycles. The number of anilines is 6. The molecular weight excluding hydrogens is 366 g/mol. The van der Waals surface area contributed by atoms with Crippen molar-refractivity contribution in [2.75, 3.05) is 53.3 Å². The highest BCUT2D eigenvalue weighted by Crippen LogP contribution is 2.32. The third-order valence-corrected chi connectivity index (χ3v) is 4.34. The summed E-state index contributed by atoms with van der Waals surface area (Å²) in [6.07, 6.45) is 5.87. The lowest BCUT2D eigenvalue weighted by Crippen LogP contribution is -2.29. The SMILES string of the molecule is C/C=C\C=C(/C)Nc1cc(Nc2ccc(N(CCO)CCO)cc2)c(N)cc1N. The Kier molecular flexibility index (Phi) is 8.39. The molecule has 0 amide bonds. The summed E-state index contributed by atoms with van der Waals surface area (Å²) in [6.45, 7) is 4.91. The molecule has 0 heterocycles. The molecule has 0 unspecified atom stereocenters. The Bertz CT molecular complexity index is 841. The average Bonchev–Trinajstić information content (AvgIpc) is 2.70. The number of nitrogens with two attached hydrogens (primary N) is 2. The van der Waals surface area contributed by atoms with Gasteiger partial charge in [0.2, 0.25) is 0 Å². The van der Waals surface area contributed by atoms with Crippen LogP contribution in [-0.2, 0) is 0 Å². The molecule has 0 spiro atoms. The van der Waals surface area contributed by atoms with Gasteiger partial charge in [0.15, 0.2) is 0 Å². The van der Waals surface area contributed by atoms with Gasteiger partial charge in [-0.25, -0.2) is 0 Å². The van der Waals surface area contributed by atoms with E-state index in [1.54, 1.807) is 6.07 Å². The lowest BCUT2D eigenvalue weighted by atomic mass is 10.2. The molecule has 0 fully saturated rings. The highest BCUT2D eigenvalue weighted by Gasteiger charge is 2.08. The predicted octanol–water partition coefficient (Wildman–Crippen LogP) is 3.28. The van der Waals surface area contributed by atoms with Crippen LogP contribution in [0.3, 0.4) is 0 Å². The van der Waals surface area contributed by atoms with Gasteiger partial charge < -0.3 is 37.2 Å². The van der Waals surface area contributed by atoms with Crippen molar-refractivity contribution in [2.24, 2.45) is 0 Å². The van der Waals surface area contributed by atoms with Crippen LogP contribution < -0.4 is 27.0 Å². The van der Waals surface area contributed by atoms with E-state index in [-0.39, 0.29) is 13.2 Å². The Morgan fingerprint density at radius 2 is 1.62 bits per heavy atom. The zero-order valence-corrected chi connectivity index (χ0v) is 17.0. The summed E-state index contributed by atoms with van der Waals surface area (Å²) < 4.78 is 0. The van der Waals surface area contributed by atoms with Crippen LogP contribution in [0.25, 0.3) is 0 Å². The molecule has 0 saturated carbocycles. The van der Waals surface area contributed by atoms with Gasteiger partial charge in [-0.3, -0.25) is 0 Å². The number of benzene rings is 2. The van der Waals surface area contributed by atoms with Crippen molar-refractivity contribution < 1.29 is 10.2 Å². The summed E-state index contributed by atoms with van der Waals surface area (Å²) in [5, 5.41) is 25.0. The average molecular weight is 398 g/mol. The molecule has 0 aliphatic rings. The van der Waals surface area contributed by atoms with E-state index in [2.05, 4.69) is 10.6 Å². The zero-order chi connectivity index (χ0) is 21.2. The second kappa shape index (κ2) is 11.0. The lowest BCUT2D eigenvalue weighted by Gasteiger charge is -2.23. The molecule has 0 atom stereocenters. The van der Waals surface area contributed by atoms with E-state index in [9.17, 15) is 10.2 Å². The quantitative estimate of drug-likeness (QED) is 0.269. The van der Waals surface area contributed by atoms with Crippen LogP contribution in [0.2, 0.25) is 0 Å². The number of allylic oxidation sites excluding steroid dienone is 4. The Morgan fingerprint density at radius 3 is 2.21 bits per heavy atom. The van der Waals surface area contributed by atoms with Gasteiger partial charge in [-0.2, -0.15) is 0 Å². The molecule has 0 aromatic heterocycles. The summed E-state index contributed by atoms with van der Waals surface area (Å²) in [5.74, 6) is 0. The number of nitrogens with zero attached hydrogens (tertiary/aromatic N) is 1. The second-order valence-electron chi connectivity index (χ2n) is 6.63. The Hall–Kier alpha value is -3.16. The maximum Gasteiger partial charge on any atom is 0.0640 e. The van der Waals surface area contributed by atoms with Crippen molar-refractivity contribution in [3.05, 3.63) is 60.3 Å². The molecule has 7 nitrogen and oxygen atoms in total. The third-order valence-electron chi connectivity index (χ3n) is 4.34. The molecule has 0 aliphatic carbocycles. The van der Waals surface area contributed by atoms with Crippen molar-refractivity contribution in [1.82, 2.24) is 0 Å². The lowest BCUT2D eigenvalue weighted by molar-refractivity contribution is 0.281. The minimum atomic E-state index is 0.0274. The number of nitrogens with one attached hydrogen (secondary N) is 2. The van der Waals surface area contributed by atoms with Gasteiger partial charge in [-0.15, -0.1) is 0 Å². The summed E-state index contributed by atoms with van der Waals surface area (Å²) in [7, 11) is 0. The maximum absolute atomic E-state index is 9.19. The van der Waals surface area contributed by atoms with Gasteiger partial charge in [-0.1, -0.05) is 12.2 Å². The largest absolute Gasteiger partial charge is 0.397 e. The molecule has 29 heavy (non-hydrogen) atoms. The van der Waals surface area contributed by atoms with E-state index < -0.39 is 0 Å². The predicted molar refractivity (Wildman–Crippen MR) is 124 cm³/mol. The van der Waals surface area contributed by atoms with E-state index >= 15 is 0 Å². The Labute approximate surface area is 172 Å². The first-order valence-electron chi connectivity index (χ1n) is 9.57. The van der Waals surface area contributed by atoms with Gasteiger partial charge in [0.25, 0.3) is 0 Å². The van der Waals surface area contributed by atoms with Crippen LogP contribution >= 0.6 is 0 Å². The topological polar surface area (TPSA) is 120 Å². The highest BCUT2D eigenvalue weighted by atomic mass is 16.3. The van der Waals surface area contributed by atoms with Crippen LogP contribution in [0, 0.1) is 0 Å². The molecular formula is C22H31N5O2. The van der Waals surface area contributed by atoms with Crippen LogP contribution in [0.5, 0.6) is 0 Å². The van der Waals surface area contributed by atoms with Crippen molar-refractivity contribution >= 4 is 34.1 Å². The second-order valence-corrected chi connectivity index (χ2v) is 6.63. The number of hydrogen-bond acceptors (Lipinski definition) is 7. The molecule has 0 bridgehead atoms. The fourth-order valence-electron chi connectivity index (χ4n) is 2.87. The zero-order valence-electron chi connectivity index (χ0n) is 17.0. The molecule has 0 saturated heterocycles. The van der Waals surface area contributed by atoms with Gasteiger partial charge in [0.05, 0.1) is 36.0 Å². The highest BCUT2D eigenvalue weighted by molar-refractivity contribution is 5.84. The van der Waals surface area contributed by atoms with Crippen molar-refractivity contribution in [2.45, 2.75) is 13.8 Å². The van der Waals surface area contributed by atoms with Crippen LogP contribution in [0.15, 0.2) is 60.3 Å². The number of aliphatic hydroxyl groups excluding tert-OH is 2. The van der Waals surface area contributed by atoms with Gasteiger partial charge >= 0.3 is 0 Å². The Balaban J connectivity index is 2.19. The number of hydrogen-bond donors (Lipinski definition) is 6. The first-order valence-corrected chi connectivity index (χ1v) is 9.57. The molecule has 2 rings (SSSR count). The van der Waals surface area contributed by atoms with Crippen molar-refractivity contribution in [3.63, 3.8) is 0 Å². The standard InChI is InChI=1S/C22H31N5O2/c1-3-4-5-16(2)25-21-15-22(20(24)14-19(21)23)26-17-6-8-18(9-7-17)27(10-12-28)11-13-29/h3-9,14-15,25-26,28-29H,10-13,23-24H2,1-2H3/b4-3-,16-5+. The summed E-state index contributed by atoms with van der Waals surface area (Å²) >= 11 is 0. The van der Waals surface area contributed by atoms with Crippen LogP contribution in [0.1, 0.15) is 13.8 Å². The minimum Gasteiger partial charge on any atom is -0.397 e. The van der Waals surface area contributed by atoms with Gasteiger partial charge in [0, 0.05) is 30.2 Å².